The third kappa shape index (κ3) is 5.81. The van der Waals surface area contributed by atoms with Crippen molar-refractivity contribution in [1.82, 2.24) is 24.8 Å². The van der Waals surface area contributed by atoms with Gasteiger partial charge in [0.25, 0.3) is 11.8 Å². The maximum absolute atomic E-state index is 14.6. The van der Waals surface area contributed by atoms with Gasteiger partial charge in [0.2, 0.25) is 0 Å². The van der Waals surface area contributed by atoms with E-state index in [-0.39, 0.29) is 36.0 Å². The van der Waals surface area contributed by atoms with Crippen LogP contribution in [0.2, 0.25) is 0 Å². The lowest BCUT2D eigenvalue weighted by Gasteiger charge is -2.27. The lowest BCUT2D eigenvalue weighted by Crippen LogP contribution is -2.41. The summed E-state index contributed by atoms with van der Waals surface area (Å²) >= 11 is 0. The number of H-pyrrole nitrogens is 2. The second kappa shape index (κ2) is 13.6. The number of aromatic amines is 2. The smallest absolute Gasteiger partial charge is 0.305 e. The zero-order valence-corrected chi connectivity index (χ0v) is 29.5. The summed E-state index contributed by atoms with van der Waals surface area (Å²) < 4.78 is 5.00. The largest absolute Gasteiger partial charge is 0.469 e. The van der Waals surface area contributed by atoms with Crippen molar-refractivity contribution in [2.24, 2.45) is 0 Å². The van der Waals surface area contributed by atoms with Crippen LogP contribution in [0.5, 0.6) is 0 Å². The van der Waals surface area contributed by atoms with E-state index < -0.39 is 0 Å². The molecule has 2 N–H and O–H groups in total. The number of imide groups is 1. The molecule has 49 heavy (non-hydrogen) atoms. The van der Waals surface area contributed by atoms with Crippen LogP contribution in [0.15, 0.2) is 18.2 Å². The molecular weight excluding hydrogens is 618 g/mol. The molecule has 0 radical (unpaired) electrons. The third-order valence-corrected chi connectivity index (χ3v) is 10.6. The van der Waals surface area contributed by atoms with Crippen molar-refractivity contribution in [1.29, 1.82) is 0 Å². The zero-order valence-electron chi connectivity index (χ0n) is 29.5. The quantitative estimate of drug-likeness (QED) is 0.114. The average Bonchev–Trinajstić information content (AvgIpc) is 3.76. The van der Waals surface area contributed by atoms with E-state index in [9.17, 15) is 19.2 Å². The van der Waals surface area contributed by atoms with Crippen LogP contribution in [0.4, 0.5) is 0 Å². The number of fused-ring (bicyclic) bond motifs is 8. The Morgan fingerprint density at radius 1 is 0.918 bits per heavy atom. The Morgan fingerprint density at radius 2 is 1.63 bits per heavy atom. The summed E-state index contributed by atoms with van der Waals surface area (Å²) in [6.07, 6.45) is 5.85. The van der Waals surface area contributed by atoms with E-state index in [0.717, 1.165) is 65.8 Å². The number of methoxy groups -OCH3 is 1. The number of nitrogens with zero attached hydrogens (tertiary/aromatic N) is 3. The predicted octanol–water partition coefficient (Wildman–Crippen LogP) is 7.83. The van der Waals surface area contributed by atoms with Crippen molar-refractivity contribution >= 4 is 57.4 Å². The lowest BCUT2D eigenvalue weighted by atomic mass is 9.84. The van der Waals surface area contributed by atoms with E-state index in [1.54, 1.807) is 6.07 Å². The number of rotatable bonds is 10. The fraction of sp³-hybridized carbons (Fsp3) is 0.436. The molecule has 2 aromatic heterocycles. The maximum atomic E-state index is 14.6. The molecule has 2 amide bonds. The molecule has 0 saturated carbocycles. The van der Waals surface area contributed by atoms with Gasteiger partial charge in [-0.15, -0.1) is 0 Å². The van der Waals surface area contributed by atoms with Gasteiger partial charge in [-0.2, -0.15) is 0 Å². The molecule has 0 aliphatic carbocycles. The van der Waals surface area contributed by atoms with Gasteiger partial charge in [-0.1, -0.05) is 40.0 Å². The van der Waals surface area contributed by atoms with Crippen molar-refractivity contribution in [3.8, 4) is 0 Å². The molecule has 4 aliphatic heterocycles. The van der Waals surface area contributed by atoms with Crippen molar-refractivity contribution in [2.75, 3.05) is 13.7 Å². The number of hydrogen-bond acceptors (Lipinski definition) is 7. The summed E-state index contributed by atoms with van der Waals surface area (Å²) in [6, 6.07) is 5.77. The van der Waals surface area contributed by atoms with Gasteiger partial charge in [-0.3, -0.25) is 24.1 Å². The number of carbonyl (C=O) groups is 4. The number of unbranched alkanes of at least 4 members (excludes halogenated alkanes) is 3. The van der Waals surface area contributed by atoms with Crippen LogP contribution < -0.4 is 0 Å². The number of hydrogen-bond donors (Lipinski definition) is 2. The van der Waals surface area contributed by atoms with Crippen molar-refractivity contribution < 1.29 is 23.9 Å². The minimum atomic E-state index is -0.368. The van der Waals surface area contributed by atoms with Crippen molar-refractivity contribution in [3.63, 3.8) is 0 Å². The topological polar surface area (TPSA) is 138 Å². The number of esters is 1. The molecule has 0 saturated heterocycles. The van der Waals surface area contributed by atoms with Gasteiger partial charge < -0.3 is 14.7 Å². The summed E-state index contributed by atoms with van der Waals surface area (Å²) in [6.45, 7) is 12.4. The SMILES string of the molecule is CCCCCCN1C(=O)c2c3[nH]c(cc4nc(cc5nc(cc6[nH]c2c(c6C)C1=O)C(C=O)=C5C)C(CC)=C4C)[C@@H](C)[C@@H]3CCC(=O)OC. The van der Waals surface area contributed by atoms with E-state index in [4.69, 9.17) is 14.7 Å². The number of nitrogens with one attached hydrogen (secondary N) is 2. The van der Waals surface area contributed by atoms with Crippen LogP contribution in [-0.4, -0.2) is 62.6 Å². The molecule has 0 fully saturated rings. The van der Waals surface area contributed by atoms with Crippen molar-refractivity contribution in [3.05, 3.63) is 69.1 Å². The highest BCUT2D eigenvalue weighted by Gasteiger charge is 2.40. The highest BCUT2D eigenvalue weighted by molar-refractivity contribution is 6.23. The molecule has 0 unspecified atom stereocenters. The van der Waals surface area contributed by atoms with E-state index >= 15 is 0 Å². The first kappa shape index (κ1) is 34.0. The number of aromatic nitrogens is 4. The summed E-state index contributed by atoms with van der Waals surface area (Å²) in [5.74, 6) is -1.37. The minimum Gasteiger partial charge on any atom is -0.469 e. The number of ether oxygens (including phenoxy) is 1. The zero-order chi connectivity index (χ0) is 35.1. The molecule has 0 aromatic carbocycles. The van der Waals surface area contributed by atoms with Gasteiger partial charge in [0.05, 0.1) is 46.5 Å². The average molecular weight is 664 g/mol. The molecule has 8 bridgehead atoms. The summed E-state index contributed by atoms with van der Waals surface area (Å²) in [5.41, 5.74) is 10.2. The monoisotopic (exact) mass is 663 g/mol. The Morgan fingerprint density at radius 3 is 2.33 bits per heavy atom. The molecular formula is C39H45N5O5. The first-order valence-electron chi connectivity index (χ1n) is 17.4. The number of aldehydes is 1. The van der Waals surface area contributed by atoms with Gasteiger partial charge in [-0.25, -0.2) is 9.97 Å². The van der Waals surface area contributed by atoms with E-state index in [1.165, 1.54) is 12.0 Å². The fourth-order valence-corrected chi connectivity index (χ4v) is 7.60. The highest BCUT2D eigenvalue weighted by Crippen LogP contribution is 2.44. The Kier molecular flexibility index (Phi) is 9.42. The number of amides is 2. The summed E-state index contributed by atoms with van der Waals surface area (Å²) in [7, 11) is 1.38. The van der Waals surface area contributed by atoms with Crippen LogP contribution in [0.25, 0.3) is 33.3 Å². The van der Waals surface area contributed by atoms with Gasteiger partial charge in [0.15, 0.2) is 6.29 Å². The van der Waals surface area contributed by atoms with Crippen LogP contribution in [0, 0.1) is 6.92 Å². The number of carbonyl (C=O) groups excluding carboxylic acids is 4. The van der Waals surface area contributed by atoms with Gasteiger partial charge in [-0.05, 0) is 80.5 Å². The lowest BCUT2D eigenvalue weighted by molar-refractivity contribution is -0.140. The molecule has 6 heterocycles. The Labute approximate surface area is 286 Å². The number of aryl methyl sites for hydroxylation is 1. The first-order valence-corrected chi connectivity index (χ1v) is 17.4. The van der Waals surface area contributed by atoms with E-state index in [1.807, 2.05) is 26.0 Å². The van der Waals surface area contributed by atoms with Gasteiger partial charge in [0, 0.05) is 47.3 Å². The second-order valence-corrected chi connectivity index (χ2v) is 13.4. The Balaban J connectivity index is 1.73. The van der Waals surface area contributed by atoms with E-state index in [0.29, 0.717) is 69.8 Å². The Bertz CT molecular complexity index is 2030. The second-order valence-electron chi connectivity index (χ2n) is 13.4. The molecule has 0 spiro atoms. The van der Waals surface area contributed by atoms with Crippen molar-refractivity contribution in [2.45, 2.75) is 98.3 Å². The third-order valence-electron chi connectivity index (χ3n) is 10.6. The van der Waals surface area contributed by atoms with Crippen LogP contribution in [-0.2, 0) is 14.3 Å². The standard InChI is InChI=1S/C39H45N5O5/c1-8-10-11-12-15-44-38(47)34-23(6)30-18-32-26(19-45)22(5)28(41-32)17-31-24(9-2)20(3)27(40-31)16-29-21(4)25(13-14-33(46)49-7)36(42-29)35(39(44)48)37(34)43-30/h16-19,21,25,42-43H,8-15H2,1-7H3/t21-,25-/m0/s1. The number of allylic oxidation sites excluding steroid dienone is 4. The molecule has 2 aromatic rings. The highest BCUT2D eigenvalue weighted by atomic mass is 16.5. The molecule has 10 nitrogen and oxygen atoms in total. The van der Waals surface area contributed by atoms with Gasteiger partial charge >= 0.3 is 5.97 Å². The normalized spacial score (nSPS) is 18.0. The first-order chi connectivity index (χ1) is 23.5. The summed E-state index contributed by atoms with van der Waals surface area (Å²) in [4.78, 5) is 72.0. The predicted molar refractivity (Wildman–Crippen MR) is 190 cm³/mol. The minimum absolute atomic E-state index is 0.0957. The van der Waals surface area contributed by atoms with E-state index in [2.05, 4.69) is 37.7 Å². The maximum Gasteiger partial charge on any atom is 0.305 e. The molecule has 256 valence electrons. The fourth-order valence-electron chi connectivity index (χ4n) is 7.60. The molecule has 4 aliphatic rings. The molecule has 6 rings (SSSR count). The van der Waals surface area contributed by atoms with Gasteiger partial charge in [0.1, 0.15) is 0 Å². The van der Waals surface area contributed by atoms with Crippen LogP contribution >= 0.6 is 0 Å². The van der Waals surface area contributed by atoms with Crippen LogP contribution in [0.3, 0.4) is 0 Å². The van der Waals surface area contributed by atoms with Crippen LogP contribution in [0.1, 0.15) is 152 Å². The Hall–Kier alpha value is -4.86. The summed E-state index contributed by atoms with van der Waals surface area (Å²) in [5, 5.41) is 0. The molecule has 10 heteroatoms. The molecule has 2 atom stereocenters.